The van der Waals surface area contributed by atoms with E-state index in [0.717, 1.165) is 40.1 Å². The molecule has 2 heterocycles. The topological polar surface area (TPSA) is 30.2 Å². The number of halogens is 2. The van der Waals surface area contributed by atoms with Crippen LogP contribution in [0, 0.1) is 19.7 Å². The van der Waals surface area contributed by atoms with Gasteiger partial charge >= 0.3 is 0 Å². The number of benzene rings is 1. The van der Waals surface area contributed by atoms with Gasteiger partial charge in [-0.25, -0.2) is 13.9 Å². The van der Waals surface area contributed by atoms with Crippen LogP contribution < -0.4 is 0 Å². The molecule has 5 heteroatoms. The SMILES string of the molecule is CCc1c(C)nn2c(Cl)c(Cc3ccc(F)cc3)c(C)nc12. The second-order valence-electron chi connectivity index (χ2n) is 5.42. The number of hydrogen-bond donors (Lipinski definition) is 0. The van der Waals surface area contributed by atoms with Crippen LogP contribution in [0.5, 0.6) is 0 Å². The zero-order valence-corrected chi connectivity index (χ0v) is 13.6. The van der Waals surface area contributed by atoms with E-state index >= 15 is 0 Å². The first-order valence-corrected chi connectivity index (χ1v) is 7.66. The molecule has 0 radical (unpaired) electrons. The summed E-state index contributed by atoms with van der Waals surface area (Å²) in [7, 11) is 0. The van der Waals surface area contributed by atoms with E-state index in [9.17, 15) is 4.39 Å². The minimum atomic E-state index is -0.240. The van der Waals surface area contributed by atoms with Crippen molar-refractivity contribution >= 4 is 17.2 Å². The van der Waals surface area contributed by atoms with Crippen molar-refractivity contribution < 1.29 is 4.39 Å². The molecule has 0 atom stereocenters. The van der Waals surface area contributed by atoms with E-state index in [1.807, 2.05) is 13.8 Å². The molecule has 0 bridgehead atoms. The van der Waals surface area contributed by atoms with Gasteiger partial charge in [-0.2, -0.15) is 5.10 Å². The van der Waals surface area contributed by atoms with Gasteiger partial charge in [0, 0.05) is 23.2 Å². The Bertz CT molecular complexity index is 837. The minimum absolute atomic E-state index is 0.240. The smallest absolute Gasteiger partial charge is 0.160 e. The second kappa shape index (κ2) is 5.69. The largest absolute Gasteiger partial charge is 0.233 e. The second-order valence-corrected chi connectivity index (χ2v) is 5.78. The lowest BCUT2D eigenvalue weighted by molar-refractivity contribution is 0.627. The zero-order valence-electron chi connectivity index (χ0n) is 12.8. The third-order valence-corrected chi connectivity index (χ3v) is 4.34. The van der Waals surface area contributed by atoms with Gasteiger partial charge in [0.15, 0.2) is 5.65 Å². The Balaban J connectivity index is 2.12. The van der Waals surface area contributed by atoms with Crippen LogP contribution in [0.25, 0.3) is 5.65 Å². The third kappa shape index (κ3) is 2.48. The molecule has 114 valence electrons. The van der Waals surface area contributed by atoms with Crippen molar-refractivity contribution in [2.24, 2.45) is 0 Å². The fraction of sp³-hybridized carbons (Fsp3) is 0.294. The van der Waals surface area contributed by atoms with Crippen LogP contribution >= 0.6 is 11.6 Å². The molecule has 0 spiro atoms. The van der Waals surface area contributed by atoms with Gasteiger partial charge in [-0.3, -0.25) is 0 Å². The summed E-state index contributed by atoms with van der Waals surface area (Å²) in [6, 6.07) is 6.44. The predicted octanol–water partition coefficient (Wildman–Crippen LogP) is 4.29. The molecule has 2 aromatic heterocycles. The standard InChI is InChI=1S/C17H17ClFN3/c1-4-14-11(3)21-22-16(18)15(10(2)20-17(14)22)9-12-5-7-13(19)8-6-12/h5-8H,4,9H2,1-3H3. The molecule has 3 nitrogen and oxygen atoms in total. The fourth-order valence-electron chi connectivity index (χ4n) is 2.72. The Labute approximate surface area is 133 Å². The monoisotopic (exact) mass is 317 g/mol. The first-order valence-electron chi connectivity index (χ1n) is 7.29. The Hall–Kier alpha value is -1.94. The number of nitrogens with zero attached hydrogens (tertiary/aromatic N) is 3. The molecule has 3 aromatic rings. The number of hydrogen-bond acceptors (Lipinski definition) is 2. The summed E-state index contributed by atoms with van der Waals surface area (Å²) in [4.78, 5) is 4.68. The number of fused-ring (bicyclic) bond motifs is 1. The lowest BCUT2D eigenvalue weighted by Crippen LogP contribution is -2.04. The van der Waals surface area contributed by atoms with E-state index in [1.165, 1.54) is 12.1 Å². The van der Waals surface area contributed by atoms with Crippen LogP contribution in [0.15, 0.2) is 24.3 Å². The average Bonchev–Trinajstić information content (AvgIpc) is 2.81. The van der Waals surface area contributed by atoms with Crippen molar-refractivity contribution in [3.05, 3.63) is 63.3 Å². The molecule has 0 saturated heterocycles. The van der Waals surface area contributed by atoms with E-state index < -0.39 is 0 Å². The van der Waals surface area contributed by atoms with Gasteiger partial charge in [0.25, 0.3) is 0 Å². The first kappa shape index (κ1) is 15.0. The Kier molecular flexibility index (Phi) is 3.87. The molecule has 0 aliphatic rings. The molecule has 0 aliphatic carbocycles. The molecule has 3 rings (SSSR count). The van der Waals surface area contributed by atoms with Gasteiger partial charge in [0.05, 0.1) is 5.69 Å². The highest BCUT2D eigenvalue weighted by molar-refractivity contribution is 6.30. The quantitative estimate of drug-likeness (QED) is 0.674. The van der Waals surface area contributed by atoms with E-state index in [1.54, 1.807) is 16.6 Å². The molecular formula is C17H17ClFN3. The maximum atomic E-state index is 13.0. The Morgan fingerprint density at radius 2 is 1.77 bits per heavy atom. The molecule has 0 amide bonds. The maximum absolute atomic E-state index is 13.0. The van der Waals surface area contributed by atoms with Crippen molar-refractivity contribution in [3.63, 3.8) is 0 Å². The Morgan fingerprint density at radius 1 is 1.09 bits per heavy atom. The molecule has 0 unspecified atom stereocenters. The van der Waals surface area contributed by atoms with Crippen LogP contribution in [0.4, 0.5) is 4.39 Å². The molecule has 0 saturated carbocycles. The Morgan fingerprint density at radius 3 is 2.41 bits per heavy atom. The minimum Gasteiger partial charge on any atom is -0.233 e. The fourth-order valence-corrected chi connectivity index (χ4v) is 3.05. The van der Waals surface area contributed by atoms with Crippen LogP contribution in [0.2, 0.25) is 5.15 Å². The van der Waals surface area contributed by atoms with E-state index in [0.29, 0.717) is 11.6 Å². The van der Waals surface area contributed by atoms with Gasteiger partial charge in [0.2, 0.25) is 0 Å². The van der Waals surface area contributed by atoms with Gasteiger partial charge in [-0.05, 0) is 38.0 Å². The van der Waals surface area contributed by atoms with Crippen molar-refractivity contribution in [3.8, 4) is 0 Å². The van der Waals surface area contributed by atoms with Gasteiger partial charge in [0.1, 0.15) is 11.0 Å². The molecule has 0 fully saturated rings. The maximum Gasteiger partial charge on any atom is 0.160 e. The van der Waals surface area contributed by atoms with Gasteiger partial charge in [-0.15, -0.1) is 0 Å². The summed E-state index contributed by atoms with van der Waals surface area (Å²) in [5.74, 6) is -0.240. The van der Waals surface area contributed by atoms with E-state index in [4.69, 9.17) is 11.6 Å². The summed E-state index contributed by atoms with van der Waals surface area (Å²) >= 11 is 6.56. The molecular weight excluding hydrogens is 301 g/mol. The van der Waals surface area contributed by atoms with Crippen LogP contribution in [-0.4, -0.2) is 14.6 Å². The van der Waals surface area contributed by atoms with Crippen LogP contribution in [0.3, 0.4) is 0 Å². The van der Waals surface area contributed by atoms with Crippen molar-refractivity contribution in [1.29, 1.82) is 0 Å². The molecule has 0 N–H and O–H groups in total. The number of aryl methyl sites for hydroxylation is 3. The molecule has 22 heavy (non-hydrogen) atoms. The summed E-state index contributed by atoms with van der Waals surface area (Å²) in [5.41, 5.74) is 5.70. The highest BCUT2D eigenvalue weighted by atomic mass is 35.5. The normalized spacial score (nSPS) is 11.3. The highest BCUT2D eigenvalue weighted by Crippen LogP contribution is 2.26. The van der Waals surface area contributed by atoms with E-state index in [2.05, 4.69) is 17.0 Å². The number of rotatable bonds is 3. The highest BCUT2D eigenvalue weighted by Gasteiger charge is 2.17. The van der Waals surface area contributed by atoms with Crippen molar-refractivity contribution in [2.45, 2.75) is 33.6 Å². The lowest BCUT2D eigenvalue weighted by Gasteiger charge is -2.10. The van der Waals surface area contributed by atoms with Crippen LogP contribution in [0.1, 0.15) is 35.0 Å². The van der Waals surface area contributed by atoms with Crippen molar-refractivity contribution in [2.75, 3.05) is 0 Å². The zero-order chi connectivity index (χ0) is 15.9. The van der Waals surface area contributed by atoms with E-state index in [-0.39, 0.29) is 5.82 Å². The molecule has 1 aromatic carbocycles. The van der Waals surface area contributed by atoms with Gasteiger partial charge in [-0.1, -0.05) is 30.7 Å². The molecule has 0 aliphatic heterocycles. The predicted molar refractivity (Wildman–Crippen MR) is 86.1 cm³/mol. The van der Waals surface area contributed by atoms with Crippen LogP contribution in [-0.2, 0) is 12.8 Å². The number of aromatic nitrogens is 3. The van der Waals surface area contributed by atoms with Gasteiger partial charge < -0.3 is 0 Å². The summed E-state index contributed by atoms with van der Waals surface area (Å²) in [5, 5.41) is 5.08. The third-order valence-electron chi connectivity index (χ3n) is 3.95. The lowest BCUT2D eigenvalue weighted by atomic mass is 10.1. The first-order chi connectivity index (χ1) is 10.5. The summed E-state index contributed by atoms with van der Waals surface area (Å²) < 4.78 is 14.7. The van der Waals surface area contributed by atoms with Crippen molar-refractivity contribution in [1.82, 2.24) is 14.6 Å². The summed E-state index contributed by atoms with van der Waals surface area (Å²) in [6.07, 6.45) is 1.48. The average molecular weight is 318 g/mol. The summed E-state index contributed by atoms with van der Waals surface area (Å²) in [6.45, 7) is 6.01.